The van der Waals surface area contributed by atoms with E-state index < -0.39 is 30.0 Å². The third kappa shape index (κ3) is 20.6. The molecule has 6 N–H and O–H groups in total. The molecule has 338 valence electrons. The van der Waals surface area contributed by atoms with Gasteiger partial charge in [-0.1, -0.05) is 73.9 Å². The number of carbonyl (C=O) groups excluding carboxylic acids is 7. The fourth-order valence-corrected chi connectivity index (χ4v) is 6.50. The molecule has 0 aromatic heterocycles. The van der Waals surface area contributed by atoms with Crippen LogP contribution in [0.2, 0.25) is 0 Å². The third-order valence-electron chi connectivity index (χ3n) is 10.2. The average molecular weight is 845 g/mol. The lowest BCUT2D eigenvalue weighted by atomic mass is 9.80. The number of likely N-dealkylation sites (tertiary alicyclic amines) is 1. The van der Waals surface area contributed by atoms with E-state index in [9.17, 15) is 33.6 Å². The van der Waals surface area contributed by atoms with Gasteiger partial charge in [-0.25, -0.2) is 9.59 Å². The SMILES string of the molecule is CC(C)[C@@H](NC(=O)CCCCCN1C(=O)CC(C(C)(C)C)C1=O)C(=O)C[C@H](CCCNC(N)=O)C(=O)Nc1ccc(COC(=O)NCCOCCOCCC(C)(C)C)cc1. The lowest BCUT2D eigenvalue weighted by Gasteiger charge is -2.25. The van der Waals surface area contributed by atoms with Crippen molar-refractivity contribution in [2.75, 3.05) is 51.4 Å². The van der Waals surface area contributed by atoms with E-state index in [-0.39, 0.29) is 91.6 Å². The molecule has 1 heterocycles. The number of benzene rings is 1. The van der Waals surface area contributed by atoms with Gasteiger partial charge >= 0.3 is 12.1 Å². The number of nitrogens with zero attached hydrogens (tertiary/aromatic N) is 1. The zero-order valence-corrected chi connectivity index (χ0v) is 37.2. The number of amides is 7. The number of rotatable bonds is 27. The van der Waals surface area contributed by atoms with Gasteiger partial charge in [0.05, 0.1) is 31.8 Å². The number of unbranched alkanes of at least 4 members (excludes halogenated alkanes) is 2. The summed E-state index contributed by atoms with van der Waals surface area (Å²) in [5, 5.41) is 10.8. The number of nitrogens with one attached hydrogen (secondary N) is 4. The maximum atomic E-state index is 13.6. The van der Waals surface area contributed by atoms with Crippen LogP contribution in [-0.2, 0) is 44.8 Å². The molecule has 1 aromatic rings. The zero-order valence-electron chi connectivity index (χ0n) is 37.2. The molecule has 1 aliphatic rings. The fourth-order valence-electron chi connectivity index (χ4n) is 6.50. The average Bonchev–Trinajstić information content (AvgIpc) is 3.45. The molecule has 1 fully saturated rings. The van der Waals surface area contributed by atoms with Crippen LogP contribution in [0.3, 0.4) is 0 Å². The molecular weight excluding hydrogens is 773 g/mol. The Morgan fingerprint density at radius 3 is 2.12 bits per heavy atom. The molecule has 0 bridgehead atoms. The van der Waals surface area contributed by atoms with Crippen molar-refractivity contribution in [1.29, 1.82) is 0 Å². The van der Waals surface area contributed by atoms with Gasteiger partial charge in [-0.3, -0.25) is 28.9 Å². The highest BCUT2D eigenvalue weighted by atomic mass is 16.5. The maximum absolute atomic E-state index is 13.6. The molecule has 16 heteroatoms. The van der Waals surface area contributed by atoms with E-state index in [0.29, 0.717) is 69.9 Å². The third-order valence-corrected chi connectivity index (χ3v) is 10.2. The molecule has 1 unspecified atom stereocenters. The Balaban J connectivity index is 1.84. The largest absolute Gasteiger partial charge is 0.445 e. The Morgan fingerprint density at radius 1 is 0.850 bits per heavy atom. The van der Waals surface area contributed by atoms with E-state index >= 15 is 0 Å². The molecule has 0 saturated carbocycles. The number of nitrogens with two attached hydrogens (primary N) is 1. The number of anilines is 1. The van der Waals surface area contributed by atoms with Crippen LogP contribution < -0.4 is 27.0 Å². The fraction of sp³-hybridized carbons (Fsp3) is 0.705. The van der Waals surface area contributed by atoms with Gasteiger partial charge in [0, 0.05) is 57.1 Å². The monoisotopic (exact) mass is 845 g/mol. The van der Waals surface area contributed by atoms with E-state index in [1.807, 2.05) is 34.6 Å². The van der Waals surface area contributed by atoms with Crippen molar-refractivity contribution >= 4 is 47.2 Å². The van der Waals surface area contributed by atoms with Crippen molar-refractivity contribution in [1.82, 2.24) is 20.9 Å². The van der Waals surface area contributed by atoms with Crippen LogP contribution in [0, 0.1) is 28.6 Å². The van der Waals surface area contributed by atoms with Crippen molar-refractivity contribution in [3.63, 3.8) is 0 Å². The van der Waals surface area contributed by atoms with E-state index in [4.69, 9.17) is 19.9 Å². The standard InChI is InChI=1S/C44H72N6O10/c1-30(2)38(49-36(52)14-10-9-11-22-50-37(53)28-34(40(50)55)44(6,7)8)35(51)27-32(13-12-20-46-41(45)56)39(54)48-33-17-15-31(16-18-33)29-60-42(57)47-21-24-59-26-25-58-23-19-43(3,4)5/h15-18,30,32,34,38H,9-14,19-29H2,1-8H3,(H,47,57)(H,48,54)(H,49,52)(H3,45,46,56)/t32-,34?,38+/m0/s1. The lowest BCUT2D eigenvalue weighted by molar-refractivity contribution is -0.140. The molecule has 1 aliphatic heterocycles. The summed E-state index contributed by atoms with van der Waals surface area (Å²) in [7, 11) is 0. The van der Waals surface area contributed by atoms with E-state index in [1.54, 1.807) is 24.3 Å². The Labute approximate surface area is 356 Å². The quantitative estimate of drug-likeness (QED) is 0.0555. The second-order valence-electron chi connectivity index (χ2n) is 18.1. The summed E-state index contributed by atoms with van der Waals surface area (Å²) in [4.78, 5) is 90.0. The van der Waals surface area contributed by atoms with Crippen LogP contribution >= 0.6 is 0 Å². The van der Waals surface area contributed by atoms with E-state index in [0.717, 1.165) is 6.42 Å². The van der Waals surface area contributed by atoms with Crippen LogP contribution in [0.1, 0.15) is 119 Å². The van der Waals surface area contributed by atoms with Gasteiger partial charge in [0.25, 0.3) is 0 Å². The van der Waals surface area contributed by atoms with Gasteiger partial charge in [-0.15, -0.1) is 0 Å². The Kier molecular flexibility index (Phi) is 22.3. The number of ether oxygens (including phenoxy) is 3. The highest BCUT2D eigenvalue weighted by molar-refractivity contribution is 6.04. The first kappa shape index (κ1) is 51.6. The Hall–Kier alpha value is -4.57. The summed E-state index contributed by atoms with van der Waals surface area (Å²) < 4.78 is 16.3. The van der Waals surface area contributed by atoms with Crippen LogP contribution in [0.4, 0.5) is 15.3 Å². The summed E-state index contributed by atoms with van der Waals surface area (Å²) in [5.41, 5.74) is 6.29. The van der Waals surface area contributed by atoms with Crippen molar-refractivity contribution in [3.05, 3.63) is 29.8 Å². The number of hydrogen-bond donors (Lipinski definition) is 5. The number of alkyl carbamates (subject to hydrolysis) is 1. The van der Waals surface area contributed by atoms with E-state index in [1.165, 1.54) is 4.90 Å². The minimum absolute atomic E-state index is 0.00744. The van der Waals surface area contributed by atoms with Crippen LogP contribution in [-0.4, -0.2) is 98.5 Å². The maximum Gasteiger partial charge on any atom is 0.407 e. The van der Waals surface area contributed by atoms with Crippen molar-refractivity contribution in [3.8, 4) is 0 Å². The van der Waals surface area contributed by atoms with Gasteiger partial charge in [-0.2, -0.15) is 0 Å². The van der Waals surface area contributed by atoms with Crippen molar-refractivity contribution < 1.29 is 47.8 Å². The number of carbonyl (C=O) groups is 7. The first-order valence-corrected chi connectivity index (χ1v) is 21.3. The normalized spacial score (nSPS) is 15.4. The zero-order chi connectivity index (χ0) is 44.9. The van der Waals surface area contributed by atoms with Gasteiger partial charge in [0.15, 0.2) is 5.78 Å². The van der Waals surface area contributed by atoms with Crippen molar-refractivity contribution in [2.45, 2.75) is 126 Å². The van der Waals surface area contributed by atoms with Gasteiger partial charge in [0.1, 0.15) is 6.61 Å². The summed E-state index contributed by atoms with van der Waals surface area (Å²) in [6, 6.07) is 5.24. The van der Waals surface area contributed by atoms with Gasteiger partial charge < -0.3 is 41.2 Å². The first-order valence-electron chi connectivity index (χ1n) is 21.3. The van der Waals surface area contributed by atoms with Gasteiger partial charge in [-0.05, 0) is 66.5 Å². The van der Waals surface area contributed by atoms with E-state index in [2.05, 4.69) is 42.0 Å². The summed E-state index contributed by atoms with van der Waals surface area (Å²) in [6.45, 7) is 18.7. The second kappa shape index (κ2) is 25.9. The topological polar surface area (TPSA) is 225 Å². The highest BCUT2D eigenvalue weighted by Gasteiger charge is 2.44. The number of ketones is 1. The smallest absolute Gasteiger partial charge is 0.407 e. The van der Waals surface area contributed by atoms with Crippen LogP contribution in [0.5, 0.6) is 0 Å². The molecule has 0 aliphatic carbocycles. The number of Topliss-reactive ketones (excluding diaryl/α,β-unsaturated/α-hetero) is 1. The molecule has 0 radical (unpaired) electrons. The molecule has 2 rings (SSSR count). The van der Waals surface area contributed by atoms with Crippen LogP contribution in [0.25, 0.3) is 0 Å². The molecule has 0 spiro atoms. The molecule has 1 aromatic carbocycles. The highest BCUT2D eigenvalue weighted by Crippen LogP contribution is 2.35. The van der Waals surface area contributed by atoms with Gasteiger partial charge in [0.2, 0.25) is 23.6 Å². The minimum atomic E-state index is -0.822. The summed E-state index contributed by atoms with van der Waals surface area (Å²) in [6.07, 6.45) is 2.99. The Morgan fingerprint density at radius 2 is 1.52 bits per heavy atom. The number of hydrogen-bond acceptors (Lipinski definition) is 10. The predicted octanol–water partition coefficient (Wildman–Crippen LogP) is 5.47. The molecule has 3 atom stereocenters. The second-order valence-corrected chi connectivity index (χ2v) is 18.1. The number of imide groups is 1. The summed E-state index contributed by atoms with van der Waals surface area (Å²) >= 11 is 0. The van der Waals surface area contributed by atoms with Crippen LogP contribution in [0.15, 0.2) is 24.3 Å². The predicted molar refractivity (Wildman–Crippen MR) is 228 cm³/mol. The molecule has 16 nitrogen and oxygen atoms in total. The molecule has 60 heavy (non-hydrogen) atoms. The summed E-state index contributed by atoms with van der Waals surface area (Å²) in [5.74, 6) is -2.62. The Bertz CT molecular complexity index is 1550. The first-order chi connectivity index (χ1) is 28.2. The lowest BCUT2D eigenvalue weighted by Crippen LogP contribution is -2.45. The number of primary amides is 1. The number of urea groups is 1. The van der Waals surface area contributed by atoms with Crippen molar-refractivity contribution in [2.24, 2.45) is 34.3 Å². The molecular formula is C44H72N6O10. The molecule has 1 saturated heterocycles. The molecule has 7 amide bonds. The minimum Gasteiger partial charge on any atom is -0.445 e.